The highest BCUT2D eigenvalue weighted by Gasteiger charge is 2.28. The Morgan fingerprint density at radius 2 is 0.909 bits per heavy atom. The number of hydrogen-bond donors (Lipinski definition) is 11. The molecule has 508 valence electrons. The topological polar surface area (TPSA) is 423 Å². The van der Waals surface area contributed by atoms with Crippen molar-refractivity contribution in [2.24, 2.45) is 11.8 Å². The third-order valence-electron chi connectivity index (χ3n) is 14.2. The lowest BCUT2D eigenvalue weighted by Gasteiger charge is -2.21. The number of carbonyl (C=O) groups excluding carboxylic acids is 7. The Morgan fingerprint density at radius 1 is 0.420 bits per heavy atom. The average molecular weight is 1260 g/mol. The summed E-state index contributed by atoms with van der Waals surface area (Å²) in [6, 6.07) is -3.29. The zero-order chi connectivity index (χ0) is 66.3. The summed E-state index contributed by atoms with van der Waals surface area (Å²) in [7, 11) is 1.54. The maximum Gasteiger partial charge on any atom is 0.328 e. The molecule has 6 atom stereocenters. The van der Waals surface area contributed by atoms with Crippen LogP contribution in [0.15, 0.2) is 0 Å². The molecule has 0 aromatic heterocycles. The molecule has 0 aliphatic heterocycles. The first-order chi connectivity index (χ1) is 41.9. The summed E-state index contributed by atoms with van der Waals surface area (Å²) in [6.45, 7) is 6.40. The molecule has 4 amide bonds. The maximum absolute atomic E-state index is 12.3. The number of aliphatic hydroxyl groups is 1. The molecule has 27 nitrogen and oxygen atoms in total. The summed E-state index contributed by atoms with van der Waals surface area (Å²) >= 11 is 0. The van der Waals surface area contributed by atoms with Gasteiger partial charge in [-0.05, 0) is 78.7 Å². The molecule has 0 bridgehead atoms. The van der Waals surface area contributed by atoms with Crippen LogP contribution in [-0.4, -0.2) is 199 Å². The van der Waals surface area contributed by atoms with E-state index in [0.717, 1.165) is 44.9 Å². The summed E-state index contributed by atoms with van der Waals surface area (Å²) in [5.74, 6) is -8.72. The van der Waals surface area contributed by atoms with Gasteiger partial charge < -0.3 is 81.0 Å². The van der Waals surface area contributed by atoms with E-state index >= 15 is 0 Å². The zero-order valence-electron chi connectivity index (χ0n) is 52.8. The van der Waals surface area contributed by atoms with E-state index in [1.165, 1.54) is 59.4 Å². The second-order valence-electron chi connectivity index (χ2n) is 21.9. The molecule has 0 spiro atoms. The van der Waals surface area contributed by atoms with Crippen molar-refractivity contribution in [1.29, 1.82) is 0 Å². The first-order valence-electron chi connectivity index (χ1n) is 31.4. The first kappa shape index (κ1) is 84.1. The molecule has 0 aliphatic carbocycles. The summed E-state index contributed by atoms with van der Waals surface area (Å²) in [5, 5.41) is 67.7. The monoisotopic (exact) mass is 1260 g/mol. The van der Waals surface area contributed by atoms with Gasteiger partial charge in [-0.2, -0.15) is 0 Å². The quantitative estimate of drug-likeness (QED) is 0.0360. The van der Waals surface area contributed by atoms with E-state index in [4.69, 9.17) is 34.3 Å². The molecular formula is C61H107N5O22. The van der Waals surface area contributed by atoms with Gasteiger partial charge in [0.05, 0.1) is 45.1 Å². The fourth-order valence-corrected chi connectivity index (χ4v) is 8.83. The molecule has 0 fully saturated rings. The van der Waals surface area contributed by atoms with Gasteiger partial charge >= 0.3 is 29.8 Å². The van der Waals surface area contributed by atoms with Crippen molar-refractivity contribution in [3.63, 3.8) is 0 Å². The molecule has 11 N–H and O–H groups in total. The number of carbonyl (C=O) groups is 12. The molecule has 0 saturated carbocycles. The lowest BCUT2D eigenvalue weighted by Crippen LogP contribution is -2.49. The fraction of sp³-hybridized carbons (Fsp3) is 0.803. The number of amides is 4. The molecule has 0 heterocycles. The second kappa shape index (κ2) is 56.2. The van der Waals surface area contributed by atoms with Crippen molar-refractivity contribution >= 4 is 70.8 Å². The van der Waals surface area contributed by atoms with Crippen molar-refractivity contribution < 1.29 is 107 Å². The predicted octanol–water partition coefficient (Wildman–Crippen LogP) is 4.93. The van der Waals surface area contributed by atoms with Gasteiger partial charge in [-0.25, -0.2) is 9.59 Å². The number of unbranched alkanes of at least 4 members (excludes halogenated alkanes) is 14. The normalized spacial score (nSPS) is 13.1. The standard InChI is InChI=1S/C31H56N4O13.C30H51NO9/c1-4-23(29(40)35-28(22(2)36)31(43)44)8-5-6-12-33-26(38)20-48-19-17-46-15-13-34-27(39)21-47-18-16-45-14-7-9-24(37)10-11-25(32-3)30(41)42;1-23(32)18-19-24(29(37)38)22-25(33)20-21-26(30(39)40)31-27(34)16-14-12-10-8-6-4-2-3-5-7-9-11-13-15-17-28(35)36/h22-23,25,28,32,36H,4-21H2,1-3H3,(H,33,38)(H,34,39)(H,35,40)(H,41,42)(H,43,44);24,26H,2-22H2,1H3,(H,31,34)(H,35,36)(H,37,38)(H,39,40)/t22-,23+,25+,28+;24?,26-/m10/s1. The van der Waals surface area contributed by atoms with Crippen molar-refractivity contribution in [3.8, 4) is 0 Å². The van der Waals surface area contributed by atoms with Crippen LogP contribution in [0.1, 0.15) is 207 Å². The summed E-state index contributed by atoms with van der Waals surface area (Å²) in [6.07, 6.45) is 17.4. The van der Waals surface area contributed by atoms with Crippen molar-refractivity contribution in [2.45, 2.75) is 231 Å². The maximum atomic E-state index is 12.3. The number of ketones is 3. The minimum absolute atomic E-state index is 0.0180. The van der Waals surface area contributed by atoms with E-state index < -0.39 is 77.6 Å². The number of aliphatic carboxylic acids is 5. The van der Waals surface area contributed by atoms with Gasteiger partial charge in [0.15, 0.2) is 6.04 Å². The highest BCUT2D eigenvalue weighted by Crippen LogP contribution is 2.18. The predicted molar refractivity (Wildman–Crippen MR) is 323 cm³/mol. The number of carboxylic acids is 5. The number of carboxylic acid groups (broad SMARTS) is 5. The van der Waals surface area contributed by atoms with E-state index in [1.807, 2.05) is 6.92 Å². The summed E-state index contributed by atoms with van der Waals surface area (Å²) in [4.78, 5) is 139. The van der Waals surface area contributed by atoms with Crippen LogP contribution in [0.3, 0.4) is 0 Å². The number of ether oxygens (including phenoxy) is 4. The second-order valence-corrected chi connectivity index (χ2v) is 21.9. The van der Waals surface area contributed by atoms with Crippen molar-refractivity contribution in [2.75, 3.05) is 73.0 Å². The number of hydrogen-bond acceptors (Lipinski definition) is 18. The molecular weight excluding hydrogens is 1150 g/mol. The van der Waals surface area contributed by atoms with Gasteiger partial charge in [0.25, 0.3) is 0 Å². The number of rotatable bonds is 60. The largest absolute Gasteiger partial charge is 0.481 e. The summed E-state index contributed by atoms with van der Waals surface area (Å²) < 4.78 is 21.2. The van der Waals surface area contributed by atoms with Crippen molar-refractivity contribution in [1.82, 2.24) is 26.6 Å². The minimum Gasteiger partial charge on any atom is -0.481 e. The van der Waals surface area contributed by atoms with Crippen LogP contribution in [0.25, 0.3) is 0 Å². The molecule has 0 aromatic carbocycles. The summed E-state index contributed by atoms with van der Waals surface area (Å²) in [5.41, 5.74) is 0. The van der Waals surface area contributed by atoms with Crippen LogP contribution in [-0.2, 0) is 76.5 Å². The Bertz CT molecular complexity index is 2010. The van der Waals surface area contributed by atoms with Crippen LogP contribution in [0.4, 0.5) is 0 Å². The molecule has 88 heavy (non-hydrogen) atoms. The van der Waals surface area contributed by atoms with Gasteiger partial charge in [0.2, 0.25) is 23.6 Å². The molecule has 0 saturated heterocycles. The Balaban J connectivity index is 0. The highest BCUT2D eigenvalue weighted by molar-refractivity contribution is 5.87. The molecule has 0 radical (unpaired) electrons. The van der Waals surface area contributed by atoms with E-state index in [-0.39, 0.29) is 140 Å². The zero-order valence-corrected chi connectivity index (χ0v) is 52.8. The third-order valence-corrected chi connectivity index (χ3v) is 14.2. The molecule has 1 unspecified atom stereocenters. The van der Waals surface area contributed by atoms with Gasteiger partial charge in [-0.3, -0.25) is 43.2 Å². The third kappa shape index (κ3) is 52.0. The van der Waals surface area contributed by atoms with Crippen LogP contribution in [0, 0.1) is 11.8 Å². The Labute approximate surface area is 519 Å². The smallest absolute Gasteiger partial charge is 0.328 e. The van der Waals surface area contributed by atoms with Crippen molar-refractivity contribution in [3.05, 3.63) is 0 Å². The van der Waals surface area contributed by atoms with E-state index in [0.29, 0.717) is 58.1 Å². The highest BCUT2D eigenvalue weighted by atomic mass is 16.5. The fourth-order valence-electron chi connectivity index (χ4n) is 8.83. The van der Waals surface area contributed by atoms with Crippen LogP contribution in [0.2, 0.25) is 0 Å². The Morgan fingerprint density at radius 3 is 1.39 bits per heavy atom. The Kier molecular flexibility index (Phi) is 53.7. The van der Waals surface area contributed by atoms with Gasteiger partial charge in [0, 0.05) is 70.6 Å². The average Bonchev–Trinajstić information content (AvgIpc) is 3.58. The first-order valence-corrected chi connectivity index (χ1v) is 31.4. The number of Topliss-reactive ketones (excluding diaryl/α,β-unsaturated/α-hetero) is 3. The lowest BCUT2D eigenvalue weighted by atomic mass is 9.94. The van der Waals surface area contributed by atoms with Gasteiger partial charge in [-0.15, -0.1) is 0 Å². The number of nitrogens with one attached hydrogen (secondary N) is 5. The lowest BCUT2D eigenvalue weighted by molar-refractivity contribution is -0.145. The van der Waals surface area contributed by atoms with E-state index in [9.17, 15) is 72.9 Å². The number of likely N-dealkylation sites (N-methyl/N-ethyl adjacent to an activating group) is 1. The van der Waals surface area contributed by atoms with Gasteiger partial charge in [-0.1, -0.05) is 90.4 Å². The molecule has 27 heteroatoms. The van der Waals surface area contributed by atoms with Crippen LogP contribution in [0.5, 0.6) is 0 Å². The van der Waals surface area contributed by atoms with Gasteiger partial charge in [0.1, 0.15) is 42.6 Å². The van der Waals surface area contributed by atoms with E-state index in [2.05, 4.69) is 26.6 Å². The molecule has 0 aliphatic rings. The minimum atomic E-state index is -1.36. The molecule has 0 rings (SSSR count). The van der Waals surface area contributed by atoms with Crippen LogP contribution >= 0.6 is 0 Å². The van der Waals surface area contributed by atoms with Crippen LogP contribution < -0.4 is 26.6 Å². The number of aliphatic hydroxyl groups excluding tert-OH is 1. The SMILES string of the molecule is CC(=O)CCC(CC(=O)CC[C@H](NC(=O)CCCCCCCCCCCCCCCCC(=O)O)C(=O)O)C(=O)O.CC[C@@H](CCCCNC(=O)COCCOCCNC(=O)COCCOCCCC(=O)CC[C@H](NC)C(=O)O)C(=O)N[C@H](C(=O)O)[C@@H](C)O. The van der Waals surface area contributed by atoms with E-state index in [1.54, 1.807) is 0 Å². The Hall–Kier alpha value is -6.00. The molecule has 0 aromatic rings.